The first-order chi connectivity index (χ1) is 7.31. The van der Waals surface area contributed by atoms with E-state index in [0.29, 0.717) is 13.2 Å². The number of nitrogens with zero attached hydrogens (tertiary/aromatic N) is 1. The van der Waals surface area contributed by atoms with Crippen LogP contribution in [0.25, 0.3) is 0 Å². The molecule has 0 radical (unpaired) electrons. The fraction of sp³-hybridized carbons (Fsp3) is 0.778. The molecule has 84 valence electrons. The summed E-state index contributed by atoms with van der Waals surface area (Å²) in [7, 11) is 1.38. The molecule has 0 amide bonds. The molecule has 0 bridgehead atoms. The lowest BCUT2D eigenvalue weighted by Crippen LogP contribution is -2.52. The van der Waals surface area contributed by atoms with E-state index < -0.39 is 0 Å². The topological polar surface area (TPSA) is 72.0 Å². The van der Waals surface area contributed by atoms with Gasteiger partial charge in [0.2, 0.25) is 0 Å². The van der Waals surface area contributed by atoms with E-state index >= 15 is 0 Å². The van der Waals surface area contributed by atoms with Crippen LogP contribution in [-0.4, -0.2) is 57.3 Å². The van der Waals surface area contributed by atoms with Crippen LogP contribution >= 0.6 is 0 Å². The number of aliphatic imine (C=N–C) groups is 1. The summed E-state index contributed by atoms with van der Waals surface area (Å²) in [5, 5.41) is 6.31. The van der Waals surface area contributed by atoms with E-state index in [9.17, 15) is 4.79 Å². The van der Waals surface area contributed by atoms with E-state index in [4.69, 9.17) is 4.74 Å². The molecule has 1 saturated heterocycles. The lowest BCUT2D eigenvalue weighted by Gasteiger charge is -2.24. The van der Waals surface area contributed by atoms with Gasteiger partial charge in [0.05, 0.1) is 32.9 Å². The summed E-state index contributed by atoms with van der Waals surface area (Å²) in [4.78, 5) is 15.5. The Labute approximate surface area is 88.0 Å². The zero-order valence-corrected chi connectivity index (χ0v) is 8.66. The van der Waals surface area contributed by atoms with Crippen molar-refractivity contribution >= 4 is 11.8 Å². The number of esters is 1. The molecule has 2 rings (SSSR count). The van der Waals surface area contributed by atoms with Crippen LogP contribution in [0.2, 0.25) is 0 Å². The van der Waals surface area contributed by atoms with Crippen molar-refractivity contribution in [3.8, 4) is 0 Å². The number of methoxy groups -OCH3 is 1. The quantitative estimate of drug-likeness (QED) is 0.547. The highest BCUT2D eigenvalue weighted by Crippen LogP contribution is 2.03. The third-order valence-corrected chi connectivity index (χ3v) is 2.50. The molecule has 2 aliphatic heterocycles. The van der Waals surface area contributed by atoms with Crippen molar-refractivity contribution in [2.24, 2.45) is 4.99 Å². The van der Waals surface area contributed by atoms with Crippen LogP contribution in [0, 0.1) is 0 Å². The molecule has 0 aliphatic carbocycles. The van der Waals surface area contributed by atoms with E-state index in [2.05, 4.69) is 20.4 Å². The number of morpholine rings is 1. The summed E-state index contributed by atoms with van der Waals surface area (Å²) in [6.07, 6.45) is 0. The molecule has 2 atom stereocenters. The van der Waals surface area contributed by atoms with Gasteiger partial charge in [0.15, 0.2) is 0 Å². The number of hydrogen-bond donors (Lipinski definition) is 2. The first-order valence-electron chi connectivity index (χ1n) is 5.01. The summed E-state index contributed by atoms with van der Waals surface area (Å²) < 4.78 is 9.96. The van der Waals surface area contributed by atoms with Crippen LogP contribution in [0.3, 0.4) is 0 Å². The van der Waals surface area contributed by atoms with E-state index in [-0.39, 0.29) is 18.1 Å². The molecule has 0 spiro atoms. The van der Waals surface area contributed by atoms with Crippen molar-refractivity contribution in [1.29, 1.82) is 0 Å². The summed E-state index contributed by atoms with van der Waals surface area (Å²) in [6.45, 7) is 2.58. The fourth-order valence-corrected chi connectivity index (χ4v) is 1.69. The molecule has 6 heteroatoms. The Morgan fingerprint density at radius 3 is 3.20 bits per heavy atom. The molecular weight excluding hydrogens is 198 g/mol. The van der Waals surface area contributed by atoms with Crippen molar-refractivity contribution in [1.82, 2.24) is 10.6 Å². The molecule has 0 aromatic heterocycles. The zero-order chi connectivity index (χ0) is 10.7. The number of ether oxygens (including phenoxy) is 2. The highest BCUT2D eigenvalue weighted by atomic mass is 16.5. The smallest absolute Gasteiger partial charge is 0.330 e. The monoisotopic (exact) mass is 213 g/mol. The largest absolute Gasteiger partial charge is 0.467 e. The maximum atomic E-state index is 11.2. The number of nitrogens with one attached hydrogen (secondary N) is 2. The van der Waals surface area contributed by atoms with Crippen molar-refractivity contribution in [3.05, 3.63) is 0 Å². The second kappa shape index (κ2) is 4.59. The maximum absolute atomic E-state index is 11.2. The van der Waals surface area contributed by atoms with Gasteiger partial charge in [-0.25, -0.2) is 4.79 Å². The molecule has 0 saturated carbocycles. The van der Waals surface area contributed by atoms with Gasteiger partial charge in [-0.1, -0.05) is 0 Å². The van der Waals surface area contributed by atoms with Crippen LogP contribution < -0.4 is 10.6 Å². The van der Waals surface area contributed by atoms with E-state index in [0.717, 1.165) is 19.0 Å². The maximum Gasteiger partial charge on any atom is 0.330 e. The minimum Gasteiger partial charge on any atom is -0.467 e. The van der Waals surface area contributed by atoms with Crippen molar-refractivity contribution in [2.45, 2.75) is 12.1 Å². The number of amidine groups is 1. The minimum absolute atomic E-state index is 0.0772. The highest BCUT2D eigenvalue weighted by molar-refractivity contribution is 5.94. The molecule has 2 unspecified atom stereocenters. The van der Waals surface area contributed by atoms with E-state index in [1.54, 1.807) is 0 Å². The Morgan fingerprint density at radius 2 is 2.53 bits per heavy atom. The third kappa shape index (κ3) is 2.27. The lowest BCUT2D eigenvalue weighted by atomic mass is 10.2. The minimum atomic E-state index is -0.339. The molecule has 15 heavy (non-hydrogen) atoms. The second-order valence-corrected chi connectivity index (χ2v) is 3.53. The summed E-state index contributed by atoms with van der Waals surface area (Å²) in [6, 6.07) is -0.262. The molecule has 0 aromatic rings. The summed E-state index contributed by atoms with van der Waals surface area (Å²) >= 11 is 0. The highest BCUT2D eigenvalue weighted by Gasteiger charge is 2.30. The molecule has 2 N–H and O–H groups in total. The van der Waals surface area contributed by atoms with Crippen LogP contribution in [0.4, 0.5) is 0 Å². The number of carbonyl (C=O) groups excluding carboxylic acids is 1. The van der Waals surface area contributed by atoms with Crippen molar-refractivity contribution in [3.63, 3.8) is 0 Å². The molecule has 1 fully saturated rings. The Hall–Kier alpha value is -1.14. The predicted molar refractivity (Wildman–Crippen MR) is 53.9 cm³/mol. The van der Waals surface area contributed by atoms with E-state index in [1.807, 2.05) is 0 Å². The standard InChI is InChI=1S/C9H15N3O3/c1-14-9(13)6-4-11-8(12-6)7-5-15-3-2-10-7/h6-7,10H,2-5H2,1H3,(H,11,12). The summed E-state index contributed by atoms with van der Waals surface area (Å²) in [5.41, 5.74) is 0. The van der Waals surface area contributed by atoms with Crippen LogP contribution in [0.5, 0.6) is 0 Å². The van der Waals surface area contributed by atoms with Gasteiger partial charge in [0.25, 0.3) is 0 Å². The summed E-state index contributed by atoms with van der Waals surface area (Å²) in [5.74, 6) is 0.524. The van der Waals surface area contributed by atoms with Crippen LogP contribution in [-0.2, 0) is 14.3 Å². The van der Waals surface area contributed by atoms with Gasteiger partial charge in [-0.3, -0.25) is 4.99 Å². The zero-order valence-electron chi connectivity index (χ0n) is 8.66. The molecule has 0 aromatic carbocycles. The Kier molecular flexibility index (Phi) is 3.17. The van der Waals surface area contributed by atoms with Crippen LogP contribution in [0.1, 0.15) is 0 Å². The van der Waals surface area contributed by atoms with Gasteiger partial charge in [-0.2, -0.15) is 0 Å². The number of rotatable bonds is 2. The fourth-order valence-electron chi connectivity index (χ4n) is 1.69. The second-order valence-electron chi connectivity index (χ2n) is 3.53. The SMILES string of the molecule is COC(=O)C1CN=C(C2COCCN2)N1. The number of carbonyl (C=O) groups is 1. The van der Waals surface area contributed by atoms with Crippen molar-refractivity contribution < 1.29 is 14.3 Å². The number of hydrogen-bond acceptors (Lipinski definition) is 6. The van der Waals surface area contributed by atoms with Gasteiger partial charge in [0, 0.05) is 6.54 Å². The Bertz CT molecular complexity index is 274. The molecule has 2 aliphatic rings. The Morgan fingerprint density at radius 1 is 1.67 bits per heavy atom. The predicted octanol–water partition coefficient (Wildman–Crippen LogP) is -1.48. The van der Waals surface area contributed by atoms with Crippen molar-refractivity contribution in [2.75, 3.05) is 33.4 Å². The lowest BCUT2D eigenvalue weighted by molar-refractivity contribution is -0.142. The van der Waals surface area contributed by atoms with Crippen LogP contribution in [0.15, 0.2) is 4.99 Å². The van der Waals surface area contributed by atoms with Gasteiger partial charge >= 0.3 is 5.97 Å². The Balaban J connectivity index is 1.88. The normalized spacial score (nSPS) is 30.6. The molecule has 2 heterocycles. The van der Waals surface area contributed by atoms with Gasteiger partial charge < -0.3 is 20.1 Å². The van der Waals surface area contributed by atoms with Gasteiger partial charge in [-0.05, 0) is 0 Å². The molecular formula is C9H15N3O3. The van der Waals surface area contributed by atoms with Gasteiger partial charge in [0.1, 0.15) is 11.9 Å². The average molecular weight is 213 g/mol. The molecule has 6 nitrogen and oxygen atoms in total. The third-order valence-electron chi connectivity index (χ3n) is 2.50. The first-order valence-corrected chi connectivity index (χ1v) is 5.01. The average Bonchev–Trinajstić information content (AvgIpc) is 2.78. The first kappa shape index (κ1) is 10.4. The van der Waals surface area contributed by atoms with E-state index in [1.165, 1.54) is 7.11 Å². The van der Waals surface area contributed by atoms with Gasteiger partial charge in [-0.15, -0.1) is 0 Å².